The zero-order valence-electron chi connectivity index (χ0n) is 14.9. The largest absolute Gasteiger partial charge is 0.256 e. The molecule has 5 rings (SSSR count). The van der Waals surface area contributed by atoms with Crippen molar-refractivity contribution in [1.82, 2.24) is 4.98 Å². The first-order valence-corrected chi connectivity index (χ1v) is 8.87. The molecule has 0 fully saturated rings. The fraction of sp³-hybridized carbons (Fsp3) is 0.0833. The van der Waals surface area contributed by atoms with Crippen LogP contribution < -0.4 is 4.57 Å². The van der Waals surface area contributed by atoms with Gasteiger partial charge in [-0.15, -0.1) is 0 Å². The second-order valence-electron chi connectivity index (χ2n) is 6.93. The van der Waals surface area contributed by atoms with Crippen LogP contribution in [0.1, 0.15) is 5.56 Å². The van der Waals surface area contributed by atoms with Crippen molar-refractivity contribution in [2.75, 3.05) is 0 Å². The second kappa shape index (κ2) is 5.63. The van der Waals surface area contributed by atoms with Crippen LogP contribution in [0.4, 0.5) is 0 Å². The smallest absolute Gasteiger partial charge is 0.213 e. The molecule has 0 bridgehead atoms. The number of nitrogens with zero attached hydrogens (tertiary/aromatic N) is 2. The van der Waals surface area contributed by atoms with Gasteiger partial charge >= 0.3 is 0 Å². The fourth-order valence-corrected chi connectivity index (χ4v) is 3.84. The van der Waals surface area contributed by atoms with Crippen molar-refractivity contribution in [2.24, 2.45) is 7.05 Å². The minimum atomic E-state index is 1.05. The molecule has 0 unspecified atom stereocenters. The van der Waals surface area contributed by atoms with Crippen LogP contribution >= 0.6 is 0 Å². The highest BCUT2D eigenvalue weighted by molar-refractivity contribution is 6.07. The molecule has 0 aliphatic carbocycles. The van der Waals surface area contributed by atoms with E-state index in [0.717, 1.165) is 5.52 Å². The molecule has 2 aromatic heterocycles. The Morgan fingerprint density at radius 1 is 0.769 bits per heavy atom. The second-order valence-corrected chi connectivity index (χ2v) is 6.93. The van der Waals surface area contributed by atoms with E-state index in [1.165, 1.54) is 43.8 Å². The first-order valence-electron chi connectivity index (χ1n) is 8.87. The van der Waals surface area contributed by atoms with Gasteiger partial charge in [0.05, 0.1) is 5.52 Å². The number of fused-ring (bicyclic) bond motifs is 4. The Balaban J connectivity index is 1.85. The van der Waals surface area contributed by atoms with Crippen LogP contribution in [0, 0.1) is 6.92 Å². The molecule has 5 aromatic rings. The van der Waals surface area contributed by atoms with Gasteiger partial charge in [-0.1, -0.05) is 42.5 Å². The zero-order valence-corrected chi connectivity index (χ0v) is 14.9. The van der Waals surface area contributed by atoms with Crippen molar-refractivity contribution in [1.29, 1.82) is 0 Å². The summed E-state index contributed by atoms with van der Waals surface area (Å²) in [6, 6.07) is 23.7. The lowest BCUT2D eigenvalue weighted by molar-refractivity contribution is -0.659. The number of hydrogen-bond donors (Lipinski definition) is 0. The maximum absolute atomic E-state index is 4.67. The van der Waals surface area contributed by atoms with Gasteiger partial charge in [0, 0.05) is 34.0 Å². The molecule has 0 radical (unpaired) electrons. The molecule has 26 heavy (non-hydrogen) atoms. The molecule has 0 amide bonds. The van der Waals surface area contributed by atoms with E-state index in [1.807, 2.05) is 6.20 Å². The summed E-state index contributed by atoms with van der Waals surface area (Å²) in [6.45, 7) is 2.17. The number of hydrogen-bond acceptors (Lipinski definition) is 1. The minimum Gasteiger partial charge on any atom is -0.256 e. The van der Waals surface area contributed by atoms with E-state index in [4.69, 9.17) is 0 Å². The summed E-state index contributed by atoms with van der Waals surface area (Å²) in [6.07, 6.45) is 4.17. The number of aromatic nitrogens is 2. The molecule has 3 aromatic carbocycles. The third kappa shape index (κ3) is 2.26. The average Bonchev–Trinajstić information content (AvgIpc) is 2.67. The lowest BCUT2D eigenvalue weighted by Gasteiger charge is -2.10. The monoisotopic (exact) mass is 335 g/mol. The van der Waals surface area contributed by atoms with E-state index in [9.17, 15) is 0 Å². The number of pyridine rings is 2. The summed E-state index contributed by atoms with van der Waals surface area (Å²) in [5.41, 5.74) is 4.76. The molecular formula is C24H19N2+. The SMILES string of the molecule is Cc1cc2ncc3ccccc3c2cc1-c1cc2ccccc2c[n+]1C. The first-order chi connectivity index (χ1) is 12.7. The topological polar surface area (TPSA) is 16.8 Å². The number of aryl methyl sites for hydroxylation is 2. The van der Waals surface area contributed by atoms with Gasteiger partial charge in [-0.05, 0) is 41.5 Å². The molecule has 0 N–H and O–H groups in total. The van der Waals surface area contributed by atoms with Gasteiger partial charge in [0.1, 0.15) is 7.05 Å². The summed E-state index contributed by atoms with van der Waals surface area (Å²) in [5.74, 6) is 0. The third-order valence-corrected chi connectivity index (χ3v) is 5.21. The van der Waals surface area contributed by atoms with Crippen LogP contribution in [0.2, 0.25) is 0 Å². The van der Waals surface area contributed by atoms with E-state index in [-0.39, 0.29) is 0 Å². The molecule has 0 saturated heterocycles. The molecule has 2 heterocycles. The van der Waals surface area contributed by atoms with Gasteiger partial charge in [-0.3, -0.25) is 4.98 Å². The predicted molar refractivity (Wildman–Crippen MR) is 108 cm³/mol. The molecule has 124 valence electrons. The Labute approximate surface area is 152 Å². The van der Waals surface area contributed by atoms with Crippen LogP contribution in [0.25, 0.3) is 43.7 Å². The van der Waals surface area contributed by atoms with Crippen molar-refractivity contribution in [3.05, 3.63) is 84.7 Å². The summed E-state index contributed by atoms with van der Waals surface area (Å²) >= 11 is 0. The molecule has 0 aliphatic rings. The van der Waals surface area contributed by atoms with Crippen LogP contribution in [-0.2, 0) is 7.05 Å². The highest BCUT2D eigenvalue weighted by atomic mass is 14.9. The van der Waals surface area contributed by atoms with Crippen LogP contribution in [0.5, 0.6) is 0 Å². The maximum atomic E-state index is 4.67. The normalized spacial score (nSPS) is 11.5. The highest BCUT2D eigenvalue weighted by Gasteiger charge is 2.16. The van der Waals surface area contributed by atoms with Crippen LogP contribution in [0.3, 0.4) is 0 Å². The van der Waals surface area contributed by atoms with E-state index in [1.54, 1.807) is 0 Å². The summed E-state index contributed by atoms with van der Waals surface area (Å²) < 4.78 is 2.22. The molecule has 2 heteroatoms. The first kappa shape index (κ1) is 15.0. The Kier molecular flexibility index (Phi) is 3.26. The van der Waals surface area contributed by atoms with Crippen molar-refractivity contribution >= 4 is 32.4 Å². The standard InChI is InChI=1S/C24H19N2/c1-16-11-23-22(20-10-6-5-8-18(20)14-25-23)13-21(16)24-12-17-7-3-4-9-19(17)15-26(24)2/h3-15H,1-2H3/q+1. The van der Waals surface area contributed by atoms with Gasteiger partial charge in [-0.25, -0.2) is 4.57 Å². The minimum absolute atomic E-state index is 1.05. The quantitative estimate of drug-likeness (QED) is 0.298. The van der Waals surface area contributed by atoms with Gasteiger partial charge in [0.25, 0.3) is 0 Å². The Bertz CT molecular complexity index is 1300. The molecule has 0 spiro atoms. The summed E-state index contributed by atoms with van der Waals surface area (Å²) in [4.78, 5) is 4.67. The third-order valence-electron chi connectivity index (χ3n) is 5.21. The summed E-state index contributed by atoms with van der Waals surface area (Å²) in [7, 11) is 2.12. The molecule has 0 saturated carbocycles. The Morgan fingerprint density at radius 2 is 1.50 bits per heavy atom. The lowest BCUT2D eigenvalue weighted by Crippen LogP contribution is -2.30. The predicted octanol–water partition coefficient (Wildman–Crippen LogP) is 5.34. The number of rotatable bonds is 1. The van der Waals surface area contributed by atoms with E-state index in [0.29, 0.717) is 0 Å². The van der Waals surface area contributed by atoms with Crippen molar-refractivity contribution in [3.63, 3.8) is 0 Å². The van der Waals surface area contributed by atoms with E-state index in [2.05, 4.69) is 96.4 Å². The summed E-state index contributed by atoms with van der Waals surface area (Å²) in [5, 5.41) is 6.15. The molecule has 0 atom stereocenters. The van der Waals surface area contributed by atoms with Gasteiger partial charge in [0.15, 0.2) is 6.20 Å². The average molecular weight is 335 g/mol. The van der Waals surface area contributed by atoms with Gasteiger partial charge in [-0.2, -0.15) is 0 Å². The lowest BCUT2D eigenvalue weighted by atomic mass is 9.97. The maximum Gasteiger partial charge on any atom is 0.213 e. The fourth-order valence-electron chi connectivity index (χ4n) is 3.84. The van der Waals surface area contributed by atoms with Crippen LogP contribution in [0.15, 0.2) is 79.1 Å². The van der Waals surface area contributed by atoms with Gasteiger partial charge in [0.2, 0.25) is 5.69 Å². The highest BCUT2D eigenvalue weighted by Crippen LogP contribution is 2.31. The molecular weight excluding hydrogens is 316 g/mol. The Hall–Kier alpha value is -3.26. The van der Waals surface area contributed by atoms with E-state index < -0.39 is 0 Å². The molecule has 2 nitrogen and oxygen atoms in total. The van der Waals surface area contributed by atoms with Crippen molar-refractivity contribution in [3.8, 4) is 11.3 Å². The number of benzene rings is 3. The molecule has 0 aliphatic heterocycles. The van der Waals surface area contributed by atoms with Gasteiger partial charge < -0.3 is 0 Å². The zero-order chi connectivity index (χ0) is 17.7. The van der Waals surface area contributed by atoms with Crippen LogP contribution in [-0.4, -0.2) is 4.98 Å². The van der Waals surface area contributed by atoms with E-state index >= 15 is 0 Å². The van der Waals surface area contributed by atoms with Crippen molar-refractivity contribution in [2.45, 2.75) is 6.92 Å². The van der Waals surface area contributed by atoms with Crippen molar-refractivity contribution < 1.29 is 4.57 Å². The Morgan fingerprint density at radius 3 is 2.35 bits per heavy atom.